The fourth-order valence-electron chi connectivity index (χ4n) is 1.96. The van der Waals surface area contributed by atoms with Crippen molar-refractivity contribution in [2.75, 3.05) is 19.1 Å². The van der Waals surface area contributed by atoms with Gasteiger partial charge in [0.05, 0.1) is 24.4 Å². The Labute approximate surface area is 148 Å². The number of nitrogens with one attached hydrogen (secondary N) is 2. The fourth-order valence-corrected chi connectivity index (χ4v) is 2.53. The zero-order valence-electron chi connectivity index (χ0n) is 13.7. The van der Waals surface area contributed by atoms with Crippen LogP contribution in [-0.4, -0.2) is 29.9 Å². The summed E-state index contributed by atoms with van der Waals surface area (Å²) in [6.07, 6.45) is 2.50. The highest BCUT2D eigenvalue weighted by Gasteiger charge is 2.10. The molecule has 0 aliphatic rings. The number of anilines is 1. The van der Waals surface area contributed by atoms with Crippen LogP contribution in [-0.2, 0) is 0 Å². The predicted octanol–water partition coefficient (Wildman–Crippen LogP) is 3.08. The molecule has 0 fully saturated rings. The number of H-pyrrole nitrogens is 1. The first-order valence-corrected chi connectivity index (χ1v) is 8.20. The van der Waals surface area contributed by atoms with E-state index in [0.717, 1.165) is 16.5 Å². The highest BCUT2D eigenvalue weighted by molar-refractivity contribution is 9.10. The smallest absolute Gasteiger partial charge is 0.252 e. The summed E-state index contributed by atoms with van der Waals surface area (Å²) in [6, 6.07) is 5.09. The van der Waals surface area contributed by atoms with Crippen molar-refractivity contribution in [2.45, 2.75) is 20.3 Å². The minimum Gasteiger partial charge on any atom is -0.493 e. The summed E-state index contributed by atoms with van der Waals surface area (Å²) in [6.45, 7) is 4.38. The van der Waals surface area contributed by atoms with E-state index < -0.39 is 0 Å². The highest BCUT2D eigenvalue weighted by atomic mass is 79.9. The number of nitrogens with zero attached hydrogens (tertiary/aromatic N) is 2. The Hall–Kier alpha value is -2.35. The van der Waals surface area contributed by atoms with E-state index in [1.165, 1.54) is 6.07 Å². The summed E-state index contributed by atoms with van der Waals surface area (Å²) in [7, 11) is 1.58. The molecular weight excluding hydrogens is 376 g/mol. The number of hydrogen-bond donors (Lipinski definition) is 2. The molecule has 2 aromatic rings. The van der Waals surface area contributed by atoms with Crippen molar-refractivity contribution in [1.29, 1.82) is 0 Å². The van der Waals surface area contributed by atoms with Gasteiger partial charge in [0.1, 0.15) is 0 Å². The lowest BCUT2D eigenvalue weighted by Gasteiger charge is -2.12. The molecule has 0 bridgehead atoms. The summed E-state index contributed by atoms with van der Waals surface area (Å²) in [5, 5.41) is 4.08. The lowest BCUT2D eigenvalue weighted by atomic mass is 10.2. The van der Waals surface area contributed by atoms with E-state index in [2.05, 4.69) is 36.4 Å². The minimum atomic E-state index is -0.234. The van der Waals surface area contributed by atoms with Gasteiger partial charge in [-0.1, -0.05) is 6.92 Å². The number of hydrogen-bond acceptors (Lipinski definition) is 6. The zero-order valence-corrected chi connectivity index (χ0v) is 15.3. The van der Waals surface area contributed by atoms with Crippen molar-refractivity contribution in [3.8, 4) is 11.5 Å². The van der Waals surface area contributed by atoms with Crippen LogP contribution in [0.1, 0.15) is 24.6 Å². The van der Waals surface area contributed by atoms with E-state index in [0.29, 0.717) is 23.8 Å². The largest absolute Gasteiger partial charge is 0.493 e. The van der Waals surface area contributed by atoms with Crippen molar-refractivity contribution < 1.29 is 9.47 Å². The van der Waals surface area contributed by atoms with Gasteiger partial charge in [-0.05, 0) is 47.0 Å². The normalized spacial score (nSPS) is 10.8. The van der Waals surface area contributed by atoms with Crippen LogP contribution in [0.2, 0.25) is 0 Å². The summed E-state index contributed by atoms with van der Waals surface area (Å²) in [4.78, 5) is 18.1. The highest BCUT2D eigenvalue weighted by Crippen LogP contribution is 2.36. The molecular formula is C16H19BrN4O3. The van der Waals surface area contributed by atoms with Gasteiger partial charge in [0.2, 0.25) is 5.95 Å². The van der Waals surface area contributed by atoms with Gasteiger partial charge in [-0.3, -0.25) is 9.78 Å². The number of hydrazone groups is 1. The number of benzene rings is 1. The first-order valence-electron chi connectivity index (χ1n) is 7.41. The second-order valence-electron chi connectivity index (χ2n) is 4.99. The Morgan fingerprint density at radius 2 is 2.21 bits per heavy atom. The number of methoxy groups -OCH3 is 1. The molecule has 0 saturated carbocycles. The van der Waals surface area contributed by atoms with Crippen molar-refractivity contribution in [1.82, 2.24) is 9.97 Å². The van der Waals surface area contributed by atoms with Crippen molar-refractivity contribution in [3.63, 3.8) is 0 Å². The van der Waals surface area contributed by atoms with Crippen LogP contribution in [0, 0.1) is 6.92 Å². The molecule has 0 amide bonds. The zero-order chi connectivity index (χ0) is 17.5. The van der Waals surface area contributed by atoms with Crippen molar-refractivity contribution in [3.05, 3.63) is 44.3 Å². The molecule has 2 rings (SSSR count). The van der Waals surface area contributed by atoms with Crippen molar-refractivity contribution in [2.24, 2.45) is 5.10 Å². The van der Waals surface area contributed by atoms with Gasteiger partial charge in [-0.2, -0.15) is 5.10 Å². The molecule has 0 spiro atoms. The van der Waals surface area contributed by atoms with Crippen LogP contribution < -0.4 is 20.5 Å². The molecule has 128 valence electrons. The SMILES string of the molecule is CCCOc1c(Br)cc(/C=N\Nc2nc(C)cc(=O)[nH]2)cc1OC. The minimum absolute atomic E-state index is 0.234. The quantitative estimate of drug-likeness (QED) is 0.556. The van der Waals surface area contributed by atoms with Crippen LogP contribution in [0.5, 0.6) is 11.5 Å². The number of aromatic nitrogens is 2. The van der Waals surface area contributed by atoms with Crippen LogP contribution in [0.3, 0.4) is 0 Å². The number of halogens is 1. The Morgan fingerprint density at radius 3 is 2.88 bits per heavy atom. The summed E-state index contributed by atoms with van der Waals surface area (Å²) >= 11 is 3.48. The molecule has 1 aromatic heterocycles. The maximum absolute atomic E-state index is 11.4. The molecule has 0 aliphatic heterocycles. The van der Waals surface area contributed by atoms with Gasteiger partial charge < -0.3 is 9.47 Å². The van der Waals surface area contributed by atoms with Gasteiger partial charge in [-0.25, -0.2) is 10.4 Å². The molecule has 1 aromatic carbocycles. The summed E-state index contributed by atoms with van der Waals surface area (Å²) in [5.41, 5.74) is 3.87. The third-order valence-electron chi connectivity index (χ3n) is 2.96. The topological polar surface area (TPSA) is 88.6 Å². The maximum atomic E-state index is 11.4. The number of rotatable bonds is 7. The molecule has 0 radical (unpaired) electrons. The first-order chi connectivity index (χ1) is 11.5. The van der Waals surface area contributed by atoms with Gasteiger partial charge in [0.15, 0.2) is 11.5 Å². The second kappa shape index (κ2) is 8.49. The Morgan fingerprint density at radius 1 is 1.42 bits per heavy atom. The Bertz CT molecular complexity index is 789. The molecule has 0 unspecified atom stereocenters. The molecule has 7 nitrogen and oxygen atoms in total. The molecule has 0 saturated heterocycles. The average molecular weight is 395 g/mol. The molecule has 1 heterocycles. The first kappa shape index (κ1) is 18.0. The standard InChI is InChI=1S/C16H19BrN4O3/c1-4-5-24-15-12(17)7-11(8-13(15)23-3)9-18-21-16-19-10(2)6-14(22)20-16/h6-9H,4-5H2,1-3H3,(H2,19,20,21,22)/b18-9-. The molecule has 0 aliphatic carbocycles. The van der Waals surface area contributed by atoms with Gasteiger partial charge >= 0.3 is 0 Å². The van der Waals surface area contributed by atoms with E-state index in [1.807, 2.05) is 19.1 Å². The van der Waals surface area contributed by atoms with Gasteiger partial charge in [0, 0.05) is 11.8 Å². The Kier molecular flexibility index (Phi) is 6.36. The second-order valence-corrected chi connectivity index (χ2v) is 5.84. The summed E-state index contributed by atoms with van der Waals surface area (Å²) < 4.78 is 11.8. The Balaban J connectivity index is 2.17. The number of aromatic amines is 1. The molecule has 0 atom stereocenters. The van der Waals surface area contributed by atoms with Gasteiger partial charge in [0.25, 0.3) is 5.56 Å². The molecule has 2 N–H and O–H groups in total. The van der Waals surface area contributed by atoms with E-state index >= 15 is 0 Å². The lowest BCUT2D eigenvalue weighted by Crippen LogP contribution is -2.10. The van der Waals surface area contributed by atoms with E-state index in [-0.39, 0.29) is 11.5 Å². The fraction of sp³-hybridized carbons (Fsp3) is 0.312. The van der Waals surface area contributed by atoms with Crippen LogP contribution in [0.4, 0.5) is 5.95 Å². The van der Waals surface area contributed by atoms with Gasteiger partial charge in [-0.15, -0.1) is 0 Å². The van der Waals surface area contributed by atoms with Crippen LogP contribution >= 0.6 is 15.9 Å². The number of ether oxygens (including phenoxy) is 2. The van der Waals surface area contributed by atoms with Crippen molar-refractivity contribution >= 4 is 28.1 Å². The van der Waals surface area contributed by atoms with Crippen LogP contribution in [0.25, 0.3) is 0 Å². The third-order valence-corrected chi connectivity index (χ3v) is 3.55. The summed E-state index contributed by atoms with van der Waals surface area (Å²) in [5.74, 6) is 1.56. The third kappa shape index (κ3) is 4.82. The van der Waals surface area contributed by atoms with Crippen LogP contribution in [0.15, 0.2) is 32.6 Å². The molecule has 24 heavy (non-hydrogen) atoms. The molecule has 8 heteroatoms. The van der Waals surface area contributed by atoms with E-state index in [9.17, 15) is 4.79 Å². The average Bonchev–Trinajstić information content (AvgIpc) is 2.52. The monoisotopic (exact) mass is 394 g/mol. The van der Waals surface area contributed by atoms with E-state index in [4.69, 9.17) is 9.47 Å². The lowest BCUT2D eigenvalue weighted by molar-refractivity contribution is 0.292. The number of aryl methyl sites for hydroxylation is 1. The van der Waals surface area contributed by atoms with E-state index in [1.54, 1.807) is 20.2 Å². The maximum Gasteiger partial charge on any atom is 0.252 e. The predicted molar refractivity (Wildman–Crippen MR) is 97.3 cm³/mol.